The van der Waals surface area contributed by atoms with Gasteiger partial charge in [0.15, 0.2) is 0 Å². The van der Waals surface area contributed by atoms with Crippen LogP contribution in [0, 0.1) is 0 Å². The van der Waals surface area contributed by atoms with Gasteiger partial charge in [-0.05, 0) is 25.3 Å². The highest BCUT2D eigenvalue weighted by molar-refractivity contribution is 5.77. The Labute approximate surface area is 81.8 Å². The number of nitrogen functional groups attached to an aromatic ring is 1. The van der Waals surface area contributed by atoms with Crippen LogP contribution in [0.5, 0.6) is 0 Å². The van der Waals surface area contributed by atoms with E-state index in [1.165, 1.54) is 19.3 Å². The predicted octanol–water partition coefficient (Wildman–Crippen LogP) is 1.74. The topological polar surface area (TPSA) is 56.7 Å². The number of anilines is 1. The zero-order valence-corrected chi connectivity index (χ0v) is 7.85. The number of imidazole rings is 1. The molecular weight excluding hydrogens is 176 g/mol. The van der Waals surface area contributed by atoms with Gasteiger partial charge in [0.25, 0.3) is 0 Å². The van der Waals surface area contributed by atoms with Gasteiger partial charge in [-0.1, -0.05) is 0 Å². The Bertz CT molecular complexity index is 470. The second kappa shape index (κ2) is 2.70. The third-order valence-corrected chi connectivity index (χ3v) is 2.96. The van der Waals surface area contributed by atoms with Gasteiger partial charge < -0.3 is 10.3 Å². The monoisotopic (exact) mass is 188 g/mol. The Balaban J connectivity index is 2.24. The summed E-state index contributed by atoms with van der Waals surface area (Å²) in [6.45, 7) is 0. The summed E-state index contributed by atoms with van der Waals surface area (Å²) in [5, 5.41) is 0. The van der Waals surface area contributed by atoms with Crippen LogP contribution >= 0.6 is 0 Å². The molecule has 2 aromatic heterocycles. The van der Waals surface area contributed by atoms with E-state index in [2.05, 4.69) is 14.5 Å². The minimum absolute atomic E-state index is 0.558. The van der Waals surface area contributed by atoms with Crippen molar-refractivity contribution in [3.8, 4) is 0 Å². The lowest BCUT2D eigenvalue weighted by Crippen LogP contribution is -2.18. The fraction of sp³-hybridized carbons (Fsp3) is 0.400. The molecule has 4 heteroatoms. The van der Waals surface area contributed by atoms with Crippen molar-refractivity contribution in [3.05, 3.63) is 18.5 Å². The Morgan fingerprint density at radius 3 is 3.00 bits per heavy atom. The maximum atomic E-state index is 5.89. The summed E-state index contributed by atoms with van der Waals surface area (Å²) >= 11 is 0. The van der Waals surface area contributed by atoms with Crippen LogP contribution in [0.1, 0.15) is 25.3 Å². The number of fused-ring (bicyclic) bond motifs is 1. The van der Waals surface area contributed by atoms with Crippen molar-refractivity contribution in [1.82, 2.24) is 14.5 Å². The molecule has 0 aromatic carbocycles. The molecule has 0 aliphatic heterocycles. The van der Waals surface area contributed by atoms with Gasteiger partial charge in [0.2, 0.25) is 5.95 Å². The SMILES string of the molecule is Nc1nc2cnccc2n1C1CCC1. The summed E-state index contributed by atoms with van der Waals surface area (Å²) in [4.78, 5) is 8.33. The van der Waals surface area contributed by atoms with Crippen molar-refractivity contribution < 1.29 is 0 Å². The molecule has 0 saturated heterocycles. The molecule has 1 aliphatic carbocycles. The summed E-state index contributed by atoms with van der Waals surface area (Å²) in [6, 6.07) is 2.54. The first-order chi connectivity index (χ1) is 6.86. The number of hydrogen-bond donors (Lipinski definition) is 1. The van der Waals surface area contributed by atoms with Gasteiger partial charge in [-0.25, -0.2) is 4.98 Å². The number of rotatable bonds is 1. The molecule has 0 unspecified atom stereocenters. The summed E-state index contributed by atoms with van der Waals surface area (Å²) in [5.74, 6) is 0.623. The highest BCUT2D eigenvalue weighted by Gasteiger charge is 2.23. The molecule has 2 heterocycles. The third-order valence-electron chi connectivity index (χ3n) is 2.96. The second-order valence-electron chi connectivity index (χ2n) is 3.79. The van der Waals surface area contributed by atoms with Gasteiger partial charge in [0.05, 0.1) is 11.7 Å². The van der Waals surface area contributed by atoms with Gasteiger partial charge in [0.1, 0.15) is 5.52 Å². The van der Waals surface area contributed by atoms with Gasteiger partial charge in [-0.15, -0.1) is 0 Å². The van der Waals surface area contributed by atoms with Crippen molar-refractivity contribution in [2.45, 2.75) is 25.3 Å². The largest absolute Gasteiger partial charge is 0.369 e. The standard InChI is InChI=1S/C10H12N4/c11-10-13-8-6-12-5-4-9(8)14(10)7-2-1-3-7/h4-7H,1-3H2,(H2,11,13). The maximum absolute atomic E-state index is 5.89. The lowest BCUT2D eigenvalue weighted by atomic mass is 9.93. The van der Waals surface area contributed by atoms with Gasteiger partial charge >= 0.3 is 0 Å². The van der Waals surface area contributed by atoms with Crippen LogP contribution in [0.2, 0.25) is 0 Å². The molecule has 0 radical (unpaired) electrons. The molecular formula is C10H12N4. The smallest absolute Gasteiger partial charge is 0.201 e. The van der Waals surface area contributed by atoms with Crippen LogP contribution < -0.4 is 5.73 Å². The average molecular weight is 188 g/mol. The fourth-order valence-corrected chi connectivity index (χ4v) is 2.00. The molecule has 0 atom stereocenters. The summed E-state index contributed by atoms with van der Waals surface area (Å²) < 4.78 is 2.14. The van der Waals surface area contributed by atoms with Crippen molar-refractivity contribution in [1.29, 1.82) is 0 Å². The van der Waals surface area contributed by atoms with E-state index in [0.717, 1.165) is 11.0 Å². The number of pyridine rings is 1. The minimum atomic E-state index is 0.558. The van der Waals surface area contributed by atoms with Crippen LogP contribution in [0.25, 0.3) is 11.0 Å². The molecule has 1 saturated carbocycles. The maximum Gasteiger partial charge on any atom is 0.201 e. The van der Waals surface area contributed by atoms with Crippen molar-refractivity contribution >= 4 is 17.0 Å². The Morgan fingerprint density at radius 2 is 2.29 bits per heavy atom. The summed E-state index contributed by atoms with van der Waals surface area (Å²) in [5.41, 5.74) is 7.90. The quantitative estimate of drug-likeness (QED) is 0.741. The molecule has 3 rings (SSSR count). The molecule has 72 valence electrons. The molecule has 1 aliphatic rings. The van der Waals surface area contributed by atoms with Gasteiger partial charge in [0, 0.05) is 12.2 Å². The lowest BCUT2D eigenvalue weighted by molar-refractivity contribution is 0.324. The minimum Gasteiger partial charge on any atom is -0.369 e. The molecule has 0 spiro atoms. The number of nitrogens with zero attached hydrogens (tertiary/aromatic N) is 3. The first kappa shape index (κ1) is 7.79. The van der Waals surface area contributed by atoms with Crippen molar-refractivity contribution in [3.63, 3.8) is 0 Å². The molecule has 4 nitrogen and oxygen atoms in total. The first-order valence-corrected chi connectivity index (χ1v) is 4.93. The third kappa shape index (κ3) is 0.937. The van der Waals surface area contributed by atoms with E-state index in [1.807, 2.05) is 6.07 Å². The van der Waals surface area contributed by atoms with Crippen LogP contribution in [-0.4, -0.2) is 14.5 Å². The van der Waals surface area contributed by atoms with E-state index >= 15 is 0 Å². The summed E-state index contributed by atoms with van der Waals surface area (Å²) in [6.07, 6.45) is 7.30. The number of aromatic nitrogens is 3. The van der Waals surface area contributed by atoms with Crippen LogP contribution in [-0.2, 0) is 0 Å². The second-order valence-corrected chi connectivity index (χ2v) is 3.79. The molecule has 1 fully saturated rings. The Morgan fingerprint density at radius 1 is 1.43 bits per heavy atom. The van der Waals surface area contributed by atoms with Crippen molar-refractivity contribution in [2.24, 2.45) is 0 Å². The van der Waals surface area contributed by atoms with E-state index < -0.39 is 0 Å². The number of hydrogen-bond acceptors (Lipinski definition) is 3. The fourth-order valence-electron chi connectivity index (χ4n) is 2.00. The average Bonchev–Trinajstić information content (AvgIpc) is 2.41. The highest BCUT2D eigenvalue weighted by atomic mass is 15.2. The van der Waals surface area contributed by atoms with Crippen LogP contribution in [0.15, 0.2) is 18.5 Å². The molecule has 0 bridgehead atoms. The van der Waals surface area contributed by atoms with E-state index in [0.29, 0.717) is 12.0 Å². The molecule has 14 heavy (non-hydrogen) atoms. The van der Waals surface area contributed by atoms with Crippen LogP contribution in [0.3, 0.4) is 0 Å². The molecule has 2 N–H and O–H groups in total. The first-order valence-electron chi connectivity index (χ1n) is 4.93. The van der Waals surface area contributed by atoms with E-state index in [9.17, 15) is 0 Å². The van der Waals surface area contributed by atoms with Crippen molar-refractivity contribution in [2.75, 3.05) is 5.73 Å². The zero-order chi connectivity index (χ0) is 9.54. The number of nitrogens with two attached hydrogens (primary N) is 1. The summed E-state index contributed by atoms with van der Waals surface area (Å²) in [7, 11) is 0. The normalized spacial score (nSPS) is 17.1. The Hall–Kier alpha value is -1.58. The van der Waals surface area contributed by atoms with E-state index in [-0.39, 0.29) is 0 Å². The lowest BCUT2D eigenvalue weighted by Gasteiger charge is -2.28. The zero-order valence-electron chi connectivity index (χ0n) is 7.85. The van der Waals surface area contributed by atoms with Gasteiger partial charge in [-0.3, -0.25) is 4.98 Å². The highest BCUT2D eigenvalue weighted by Crippen LogP contribution is 2.35. The van der Waals surface area contributed by atoms with Gasteiger partial charge in [-0.2, -0.15) is 0 Å². The van der Waals surface area contributed by atoms with E-state index in [4.69, 9.17) is 5.73 Å². The van der Waals surface area contributed by atoms with E-state index in [1.54, 1.807) is 12.4 Å². The molecule has 0 amide bonds. The van der Waals surface area contributed by atoms with Crippen LogP contribution in [0.4, 0.5) is 5.95 Å². The molecule has 2 aromatic rings. The Kier molecular flexibility index (Phi) is 1.50. The predicted molar refractivity (Wildman–Crippen MR) is 54.8 cm³/mol.